The van der Waals surface area contributed by atoms with Crippen LogP contribution in [0.3, 0.4) is 0 Å². The zero-order valence-corrected chi connectivity index (χ0v) is 17.7. The Hall–Kier alpha value is -3.11. The molecule has 1 aliphatic rings. The van der Waals surface area contributed by atoms with Gasteiger partial charge in [0.15, 0.2) is 11.5 Å². The highest BCUT2D eigenvalue weighted by Gasteiger charge is 2.19. The smallest absolute Gasteiger partial charge is 0.240 e. The van der Waals surface area contributed by atoms with E-state index in [1.807, 2.05) is 24.3 Å². The fraction of sp³-hybridized carbons (Fsp3) is 0.333. The number of nitrogens with one attached hydrogen (secondary N) is 3. The van der Waals surface area contributed by atoms with Crippen LogP contribution in [0, 0.1) is 0 Å². The Morgan fingerprint density at radius 3 is 2.68 bits per heavy atom. The number of carbonyl (C=O) groups excluding carboxylic acids is 1. The molecule has 2 heterocycles. The van der Waals surface area contributed by atoms with Gasteiger partial charge >= 0.3 is 0 Å². The van der Waals surface area contributed by atoms with Crippen molar-refractivity contribution in [3.05, 3.63) is 42.5 Å². The lowest BCUT2D eigenvalue weighted by Crippen LogP contribution is -2.25. The number of fused-ring (bicyclic) bond motifs is 2. The molecule has 4 rings (SSSR count). The van der Waals surface area contributed by atoms with E-state index < -0.39 is 10.0 Å². The molecule has 0 unspecified atom stereocenters. The minimum atomic E-state index is -3.63. The van der Waals surface area contributed by atoms with Gasteiger partial charge in [-0.2, -0.15) is 0 Å². The number of H-pyrrole nitrogens is 1. The molecule has 0 fully saturated rings. The third kappa shape index (κ3) is 5.33. The number of unbranched alkanes of at least 4 members (excludes halogenated alkanes) is 2. The largest absolute Gasteiger partial charge is 0.486 e. The molecule has 1 aliphatic heterocycles. The molecule has 9 nitrogen and oxygen atoms in total. The number of hydrogen-bond donors (Lipinski definition) is 3. The third-order valence-corrected chi connectivity index (χ3v) is 6.30. The summed E-state index contributed by atoms with van der Waals surface area (Å²) in [5.41, 5.74) is 1.66. The molecule has 0 saturated heterocycles. The number of anilines is 1. The van der Waals surface area contributed by atoms with E-state index in [-0.39, 0.29) is 10.8 Å². The molecule has 10 heteroatoms. The first-order valence-electron chi connectivity index (χ1n) is 10.2. The van der Waals surface area contributed by atoms with Crippen LogP contribution in [0.2, 0.25) is 0 Å². The fourth-order valence-electron chi connectivity index (χ4n) is 3.27. The van der Waals surface area contributed by atoms with Gasteiger partial charge in [-0.25, -0.2) is 18.1 Å². The van der Waals surface area contributed by atoms with E-state index in [2.05, 4.69) is 20.0 Å². The highest BCUT2D eigenvalue weighted by Crippen LogP contribution is 2.32. The minimum Gasteiger partial charge on any atom is -0.486 e. The Morgan fingerprint density at radius 1 is 1.03 bits per heavy atom. The number of hydrogen-bond acceptors (Lipinski definition) is 6. The molecule has 0 atom stereocenters. The molecular weight excluding hydrogens is 420 g/mol. The average Bonchev–Trinajstić information content (AvgIpc) is 3.18. The van der Waals surface area contributed by atoms with Gasteiger partial charge in [0, 0.05) is 19.0 Å². The molecule has 0 saturated carbocycles. The lowest BCUT2D eigenvalue weighted by Gasteiger charge is -2.18. The molecular formula is C21H24N4O5S. The van der Waals surface area contributed by atoms with Gasteiger partial charge in [-0.05, 0) is 37.1 Å². The second-order valence-electron chi connectivity index (χ2n) is 7.16. The van der Waals surface area contributed by atoms with Crippen molar-refractivity contribution in [1.82, 2.24) is 14.7 Å². The Kier molecular flexibility index (Phi) is 6.38. The topological polar surface area (TPSA) is 122 Å². The second kappa shape index (κ2) is 9.36. The number of amides is 1. The number of nitrogens with zero attached hydrogens (tertiary/aromatic N) is 1. The second-order valence-corrected chi connectivity index (χ2v) is 8.93. The third-order valence-electron chi connectivity index (χ3n) is 4.84. The lowest BCUT2D eigenvalue weighted by molar-refractivity contribution is -0.116. The normalized spacial score (nSPS) is 13.3. The average molecular weight is 445 g/mol. The first-order chi connectivity index (χ1) is 15.0. The Labute approximate surface area is 180 Å². The van der Waals surface area contributed by atoms with Crippen molar-refractivity contribution in [2.24, 2.45) is 0 Å². The monoisotopic (exact) mass is 444 g/mol. The van der Waals surface area contributed by atoms with Crippen LogP contribution in [0.1, 0.15) is 25.7 Å². The van der Waals surface area contributed by atoms with Crippen LogP contribution in [0.25, 0.3) is 11.0 Å². The van der Waals surface area contributed by atoms with E-state index in [4.69, 9.17) is 9.47 Å². The number of carbonyl (C=O) groups is 1. The molecule has 1 aromatic heterocycles. The van der Waals surface area contributed by atoms with Gasteiger partial charge in [-0.15, -0.1) is 0 Å². The molecule has 0 bridgehead atoms. The van der Waals surface area contributed by atoms with E-state index in [9.17, 15) is 13.2 Å². The quantitative estimate of drug-likeness (QED) is 0.436. The SMILES string of the molecule is O=C(CCCCCNS(=O)(=O)c1ccc2c(c1)OCCO2)Nc1nc2ccccc2[nH]1. The standard InChI is InChI=1S/C21H24N4O5S/c26-20(25-21-23-16-6-3-4-7-17(16)24-21)8-2-1-5-11-22-31(27,28)15-9-10-18-19(14-15)30-13-12-29-18/h3-4,6-7,9-10,14,22H,1-2,5,8,11-13H2,(H2,23,24,25,26). The zero-order chi connectivity index (χ0) is 21.7. The number of para-hydroxylation sites is 2. The summed E-state index contributed by atoms with van der Waals surface area (Å²) in [5, 5.41) is 2.75. The molecule has 3 N–H and O–H groups in total. The first kappa shape index (κ1) is 21.1. The van der Waals surface area contributed by atoms with Gasteiger partial charge in [0.25, 0.3) is 0 Å². The zero-order valence-electron chi connectivity index (χ0n) is 16.9. The van der Waals surface area contributed by atoms with E-state index in [0.717, 1.165) is 17.5 Å². The van der Waals surface area contributed by atoms with E-state index >= 15 is 0 Å². The number of rotatable bonds is 9. The predicted octanol–water partition coefficient (Wildman–Crippen LogP) is 2.81. The summed E-state index contributed by atoms with van der Waals surface area (Å²) < 4.78 is 38.3. The highest BCUT2D eigenvalue weighted by atomic mass is 32.2. The number of aromatic amines is 1. The van der Waals surface area contributed by atoms with Crippen LogP contribution < -0.4 is 19.5 Å². The fourth-order valence-corrected chi connectivity index (χ4v) is 4.36. The van der Waals surface area contributed by atoms with Crippen LogP contribution in [0.15, 0.2) is 47.4 Å². The maximum absolute atomic E-state index is 12.5. The van der Waals surface area contributed by atoms with Crippen LogP contribution in [0.4, 0.5) is 5.95 Å². The Morgan fingerprint density at radius 2 is 1.84 bits per heavy atom. The van der Waals surface area contributed by atoms with E-state index in [1.54, 1.807) is 6.07 Å². The summed E-state index contributed by atoms with van der Waals surface area (Å²) in [5.74, 6) is 1.28. The lowest BCUT2D eigenvalue weighted by atomic mass is 10.2. The van der Waals surface area contributed by atoms with Crippen molar-refractivity contribution < 1.29 is 22.7 Å². The number of sulfonamides is 1. The van der Waals surface area contributed by atoms with Crippen LogP contribution in [-0.4, -0.2) is 44.1 Å². The maximum Gasteiger partial charge on any atom is 0.240 e. The molecule has 0 aliphatic carbocycles. The van der Waals surface area contributed by atoms with Crippen molar-refractivity contribution in [1.29, 1.82) is 0 Å². The summed E-state index contributed by atoms with van der Waals surface area (Å²) in [7, 11) is -3.63. The van der Waals surface area contributed by atoms with Crippen LogP contribution >= 0.6 is 0 Å². The summed E-state index contributed by atoms with van der Waals surface area (Å²) in [6, 6.07) is 12.1. The summed E-state index contributed by atoms with van der Waals surface area (Å²) >= 11 is 0. The highest BCUT2D eigenvalue weighted by molar-refractivity contribution is 7.89. The van der Waals surface area contributed by atoms with Crippen molar-refractivity contribution in [3.63, 3.8) is 0 Å². The van der Waals surface area contributed by atoms with Crippen molar-refractivity contribution in [2.75, 3.05) is 25.1 Å². The molecule has 31 heavy (non-hydrogen) atoms. The van der Waals surface area contributed by atoms with E-state index in [0.29, 0.717) is 56.5 Å². The summed E-state index contributed by atoms with van der Waals surface area (Å²) in [6.45, 7) is 1.14. The van der Waals surface area contributed by atoms with Crippen molar-refractivity contribution in [3.8, 4) is 11.5 Å². The Balaban J connectivity index is 1.17. The van der Waals surface area contributed by atoms with Gasteiger partial charge in [0.05, 0.1) is 15.9 Å². The maximum atomic E-state index is 12.5. The van der Waals surface area contributed by atoms with Crippen LogP contribution in [-0.2, 0) is 14.8 Å². The summed E-state index contributed by atoms with van der Waals surface area (Å²) in [4.78, 5) is 19.6. The van der Waals surface area contributed by atoms with Crippen molar-refractivity contribution >= 4 is 32.9 Å². The molecule has 0 spiro atoms. The summed E-state index contributed by atoms with van der Waals surface area (Å²) in [6.07, 6.45) is 2.34. The predicted molar refractivity (Wildman–Crippen MR) is 116 cm³/mol. The van der Waals surface area contributed by atoms with Crippen molar-refractivity contribution in [2.45, 2.75) is 30.6 Å². The van der Waals surface area contributed by atoms with Gasteiger partial charge in [0.1, 0.15) is 13.2 Å². The molecule has 2 aromatic carbocycles. The minimum absolute atomic E-state index is 0.129. The van der Waals surface area contributed by atoms with E-state index in [1.165, 1.54) is 12.1 Å². The molecule has 164 valence electrons. The van der Waals surface area contributed by atoms with Crippen LogP contribution in [0.5, 0.6) is 11.5 Å². The van der Waals surface area contributed by atoms with Gasteiger partial charge in [-0.1, -0.05) is 18.6 Å². The van der Waals surface area contributed by atoms with Gasteiger partial charge in [0.2, 0.25) is 21.9 Å². The molecule has 1 amide bonds. The molecule has 0 radical (unpaired) electrons. The Bertz CT molecular complexity index is 1140. The number of aromatic nitrogens is 2. The number of imidazole rings is 1. The number of ether oxygens (including phenoxy) is 2. The van der Waals surface area contributed by atoms with Gasteiger partial charge < -0.3 is 14.5 Å². The van der Waals surface area contributed by atoms with Gasteiger partial charge in [-0.3, -0.25) is 10.1 Å². The molecule has 3 aromatic rings. The number of benzene rings is 2. The first-order valence-corrected chi connectivity index (χ1v) is 11.6.